The number of aliphatic hydroxyl groups excluding tert-OH is 1. The van der Waals surface area contributed by atoms with E-state index < -0.39 is 0 Å². The summed E-state index contributed by atoms with van der Waals surface area (Å²) < 4.78 is 0. The van der Waals surface area contributed by atoms with Crippen LogP contribution in [0.1, 0.15) is 31.2 Å². The van der Waals surface area contributed by atoms with Crippen LogP contribution in [0, 0.1) is 0 Å². The molecule has 0 heterocycles. The van der Waals surface area contributed by atoms with Crippen LogP contribution in [0.15, 0.2) is 30.3 Å². The first-order valence-corrected chi connectivity index (χ1v) is 7.98. The largest absolute Gasteiger partial charge is 0.395 e. The van der Waals surface area contributed by atoms with Crippen molar-refractivity contribution >= 4 is 11.8 Å². The molecule has 2 nitrogen and oxygen atoms in total. The first-order valence-electron chi connectivity index (χ1n) is 6.69. The monoisotopic (exact) mass is 265 g/mol. The van der Waals surface area contributed by atoms with E-state index in [9.17, 15) is 5.11 Å². The quantitative estimate of drug-likeness (QED) is 0.829. The van der Waals surface area contributed by atoms with E-state index in [1.807, 2.05) is 0 Å². The summed E-state index contributed by atoms with van der Waals surface area (Å²) in [6.45, 7) is 2.43. The molecule has 1 fully saturated rings. The summed E-state index contributed by atoms with van der Waals surface area (Å²) in [4.78, 5) is 0. The molecule has 0 radical (unpaired) electrons. The Labute approximate surface area is 114 Å². The highest BCUT2D eigenvalue weighted by Gasteiger charge is 2.31. The smallest absolute Gasteiger partial charge is 0.0564 e. The van der Waals surface area contributed by atoms with Gasteiger partial charge in [-0.2, -0.15) is 11.8 Å². The summed E-state index contributed by atoms with van der Waals surface area (Å²) in [5, 5.41) is 13.2. The molecule has 2 atom stereocenters. The molecule has 1 saturated carbocycles. The minimum Gasteiger partial charge on any atom is -0.395 e. The highest BCUT2D eigenvalue weighted by molar-refractivity contribution is 7.99. The van der Waals surface area contributed by atoms with Gasteiger partial charge >= 0.3 is 0 Å². The number of benzene rings is 1. The molecule has 0 bridgehead atoms. The Bertz CT molecular complexity index is 347. The van der Waals surface area contributed by atoms with Crippen molar-refractivity contribution in [2.45, 2.75) is 43.0 Å². The van der Waals surface area contributed by atoms with E-state index >= 15 is 0 Å². The summed E-state index contributed by atoms with van der Waals surface area (Å²) in [7, 11) is 0. The molecule has 100 valence electrons. The number of rotatable bonds is 6. The zero-order chi connectivity index (χ0) is 13.0. The third-order valence-corrected chi connectivity index (χ3v) is 5.11. The van der Waals surface area contributed by atoms with E-state index in [0.29, 0.717) is 17.3 Å². The van der Waals surface area contributed by atoms with Crippen LogP contribution in [0.4, 0.5) is 0 Å². The fourth-order valence-corrected chi connectivity index (χ4v) is 3.30. The molecular formula is C15H23NOS. The molecule has 0 amide bonds. The lowest BCUT2D eigenvalue weighted by atomic mass is 9.75. The molecule has 2 N–H and O–H groups in total. The minimum atomic E-state index is 0.254. The Kier molecular flexibility index (Phi) is 5.10. The van der Waals surface area contributed by atoms with Crippen LogP contribution in [0.2, 0.25) is 0 Å². The summed E-state index contributed by atoms with van der Waals surface area (Å²) in [5.41, 5.74) is 1.46. The zero-order valence-corrected chi connectivity index (χ0v) is 12.0. The Balaban J connectivity index is 1.76. The van der Waals surface area contributed by atoms with E-state index in [4.69, 9.17) is 0 Å². The highest BCUT2D eigenvalue weighted by Crippen LogP contribution is 2.37. The predicted octanol–water partition coefficient (Wildman–Crippen LogP) is 2.63. The third-order valence-electron chi connectivity index (χ3n) is 3.95. The molecule has 1 aliphatic rings. The SMILES string of the molecule is CSC(CO)C(C)NC1CC(c2ccccc2)C1. The van der Waals surface area contributed by atoms with Crippen molar-refractivity contribution in [2.24, 2.45) is 0 Å². The number of hydrogen-bond acceptors (Lipinski definition) is 3. The summed E-state index contributed by atoms with van der Waals surface area (Å²) in [6, 6.07) is 11.8. The van der Waals surface area contributed by atoms with Crippen LogP contribution in [0.25, 0.3) is 0 Å². The molecule has 0 aromatic heterocycles. The molecule has 1 aliphatic carbocycles. The van der Waals surface area contributed by atoms with E-state index in [-0.39, 0.29) is 6.61 Å². The second kappa shape index (κ2) is 6.60. The fourth-order valence-electron chi connectivity index (χ4n) is 2.67. The van der Waals surface area contributed by atoms with E-state index in [2.05, 4.69) is 48.8 Å². The van der Waals surface area contributed by atoms with Gasteiger partial charge in [-0.05, 0) is 37.5 Å². The van der Waals surface area contributed by atoms with Gasteiger partial charge in [0.2, 0.25) is 0 Å². The number of thioether (sulfide) groups is 1. The zero-order valence-electron chi connectivity index (χ0n) is 11.2. The van der Waals surface area contributed by atoms with Crippen molar-refractivity contribution in [3.8, 4) is 0 Å². The van der Waals surface area contributed by atoms with Crippen LogP contribution < -0.4 is 5.32 Å². The first-order chi connectivity index (χ1) is 8.74. The van der Waals surface area contributed by atoms with Gasteiger partial charge in [0.1, 0.15) is 0 Å². The fraction of sp³-hybridized carbons (Fsp3) is 0.600. The normalized spacial score (nSPS) is 26.4. The average molecular weight is 265 g/mol. The van der Waals surface area contributed by atoms with Gasteiger partial charge in [-0.25, -0.2) is 0 Å². The van der Waals surface area contributed by atoms with E-state index in [0.717, 1.165) is 5.92 Å². The minimum absolute atomic E-state index is 0.254. The van der Waals surface area contributed by atoms with Crippen molar-refractivity contribution < 1.29 is 5.11 Å². The van der Waals surface area contributed by atoms with Gasteiger partial charge in [-0.3, -0.25) is 0 Å². The molecule has 0 spiro atoms. The highest BCUT2D eigenvalue weighted by atomic mass is 32.2. The lowest BCUT2D eigenvalue weighted by Crippen LogP contribution is -2.48. The van der Waals surface area contributed by atoms with Gasteiger partial charge in [0.25, 0.3) is 0 Å². The molecule has 0 aliphatic heterocycles. The van der Waals surface area contributed by atoms with Gasteiger partial charge < -0.3 is 10.4 Å². The third kappa shape index (κ3) is 3.28. The van der Waals surface area contributed by atoms with Gasteiger partial charge in [0, 0.05) is 17.3 Å². The molecule has 0 saturated heterocycles. The molecule has 2 unspecified atom stereocenters. The summed E-state index contributed by atoms with van der Waals surface area (Å²) in [5.74, 6) is 0.720. The Morgan fingerprint density at radius 1 is 1.33 bits per heavy atom. The topological polar surface area (TPSA) is 32.3 Å². The van der Waals surface area contributed by atoms with Crippen molar-refractivity contribution in [1.82, 2.24) is 5.32 Å². The van der Waals surface area contributed by atoms with E-state index in [1.165, 1.54) is 18.4 Å². The van der Waals surface area contributed by atoms with Crippen molar-refractivity contribution in [1.29, 1.82) is 0 Å². The Morgan fingerprint density at radius 2 is 2.00 bits per heavy atom. The molecule has 1 aromatic rings. The standard InChI is InChI=1S/C15H23NOS/c1-11(15(10-17)18-2)16-14-8-13(9-14)12-6-4-3-5-7-12/h3-7,11,13-17H,8-10H2,1-2H3. The second-order valence-corrected chi connectivity index (χ2v) is 6.26. The number of hydrogen-bond donors (Lipinski definition) is 2. The Morgan fingerprint density at radius 3 is 2.56 bits per heavy atom. The van der Waals surface area contributed by atoms with Crippen molar-refractivity contribution in [3.63, 3.8) is 0 Å². The maximum Gasteiger partial charge on any atom is 0.0564 e. The lowest BCUT2D eigenvalue weighted by molar-refractivity contribution is 0.235. The van der Waals surface area contributed by atoms with Gasteiger partial charge in [-0.1, -0.05) is 30.3 Å². The first kappa shape index (κ1) is 13.9. The van der Waals surface area contributed by atoms with Crippen molar-refractivity contribution in [2.75, 3.05) is 12.9 Å². The van der Waals surface area contributed by atoms with Crippen LogP contribution >= 0.6 is 11.8 Å². The van der Waals surface area contributed by atoms with Gasteiger partial charge in [-0.15, -0.1) is 0 Å². The maximum atomic E-state index is 9.27. The lowest BCUT2D eigenvalue weighted by Gasteiger charge is -2.39. The van der Waals surface area contributed by atoms with Crippen LogP contribution in [-0.4, -0.2) is 35.3 Å². The summed E-state index contributed by atoms with van der Waals surface area (Å²) in [6.07, 6.45) is 4.51. The molecular weight excluding hydrogens is 242 g/mol. The second-order valence-electron chi connectivity index (χ2n) is 5.19. The summed E-state index contributed by atoms with van der Waals surface area (Å²) >= 11 is 1.74. The molecule has 3 heteroatoms. The average Bonchev–Trinajstić information content (AvgIpc) is 2.36. The van der Waals surface area contributed by atoms with Gasteiger partial charge in [0.05, 0.1) is 6.61 Å². The number of nitrogens with one attached hydrogen (secondary N) is 1. The van der Waals surface area contributed by atoms with Crippen LogP contribution in [-0.2, 0) is 0 Å². The maximum absolute atomic E-state index is 9.27. The van der Waals surface area contributed by atoms with Crippen molar-refractivity contribution in [3.05, 3.63) is 35.9 Å². The van der Waals surface area contributed by atoms with Crippen LogP contribution in [0.3, 0.4) is 0 Å². The predicted molar refractivity (Wildman–Crippen MR) is 79.2 cm³/mol. The Hall–Kier alpha value is -0.510. The van der Waals surface area contributed by atoms with Crippen LogP contribution in [0.5, 0.6) is 0 Å². The number of aliphatic hydroxyl groups is 1. The van der Waals surface area contributed by atoms with Gasteiger partial charge in [0.15, 0.2) is 0 Å². The molecule has 2 rings (SSSR count). The molecule has 18 heavy (non-hydrogen) atoms. The van der Waals surface area contributed by atoms with E-state index in [1.54, 1.807) is 11.8 Å². The molecule has 1 aromatic carbocycles.